The van der Waals surface area contributed by atoms with Crippen LogP contribution in [0.1, 0.15) is 0 Å². The molecule has 0 unspecified atom stereocenters. The summed E-state index contributed by atoms with van der Waals surface area (Å²) in [6.07, 6.45) is 0. The minimum absolute atomic E-state index is 0.921. The monoisotopic (exact) mass is 444 g/mol. The third-order valence-electron chi connectivity index (χ3n) is 7.41. The Morgan fingerprint density at radius 3 is 2.03 bits per heavy atom. The van der Waals surface area contributed by atoms with Gasteiger partial charge in [-0.05, 0) is 84.7 Å². The third-order valence-corrected chi connectivity index (χ3v) is 7.41. The summed E-state index contributed by atoms with van der Waals surface area (Å²) in [5.74, 6) is 1.85. The van der Waals surface area contributed by atoms with E-state index in [1.165, 1.54) is 59.8 Å². The molecule has 7 aromatic rings. The maximum absolute atomic E-state index is 6.31. The van der Waals surface area contributed by atoms with E-state index in [4.69, 9.17) is 4.74 Å². The molecule has 0 radical (unpaired) electrons. The van der Waals surface area contributed by atoms with Crippen LogP contribution in [0, 0.1) is 0 Å². The van der Waals surface area contributed by atoms with E-state index in [0.717, 1.165) is 17.1 Å². The van der Waals surface area contributed by atoms with Crippen LogP contribution >= 0.6 is 0 Å². The molecule has 0 fully saturated rings. The Bertz CT molecular complexity index is 1980. The highest BCUT2D eigenvalue weighted by atomic mass is 16.5. The standard InChI is InChI=1S/C34H20O/c1-2-7-23-19-31-24(18-22(23)6-1)14-12-21-13-15-25(20-30(21)31)26-16-17-29-27-8-3-4-10-32(27)35-33-11-5-9-28(26)34(29)33/h1-20H. The van der Waals surface area contributed by atoms with Gasteiger partial charge in [-0.3, -0.25) is 0 Å². The van der Waals surface area contributed by atoms with Crippen molar-refractivity contribution in [1.82, 2.24) is 0 Å². The van der Waals surface area contributed by atoms with Crippen molar-refractivity contribution in [1.29, 1.82) is 0 Å². The zero-order chi connectivity index (χ0) is 22.9. The number of rotatable bonds is 1. The quantitative estimate of drug-likeness (QED) is 0.181. The number of para-hydroxylation sites is 1. The van der Waals surface area contributed by atoms with Crippen molar-refractivity contribution in [3.05, 3.63) is 121 Å². The molecule has 0 N–H and O–H groups in total. The highest BCUT2D eigenvalue weighted by Crippen LogP contribution is 2.48. The second kappa shape index (κ2) is 6.94. The molecule has 0 bridgehead atoms. The Hall–Kier alpha value is -4.62. The number of hydrogen-bond donors (Lipinski definition) is 0. The second-order valence-electron chi connectivity index (χ2n) is 9.36. The summed E-state index contributed by atoms with van der Waals surface area (Å²) in [6, 6.07) is 43.8. The molecule has 0 aromatic heterocycles. The van der Waals surface area contributed by atoms with Gasteiger partial charge >= 0.3 is 0 Å². The lowest BCUT2D eigenvalue weighted by atomic mass is 9.89. The molecule has 35 heavy (non-hydrogen) atoms. The van der Waals surface area contributed by atoms with Gasteiger partial charge in [0.05, 0.1) is 0 Å². The van der Waals surface area contributed by atoms with Gasteiger partial charge in [-0.1, -0.05) is 91.0 Å². The molecule has 0 aliphatic carbocycles. The Morgan fingerprint density at radius 1 is 0.371 bits per heavy atom. The van der Waals surface area contributed by atoms with Gasteiger partial charge in [-0.15, -0.1) is 0 Å². The predicted molar refractivity (Wildman–Crippen MR) is 147 cm³/mol. The van der Waals surface area contributed by atoms with E-state index >= 15 is 0 Å². The molecule has 1 heterocycles. The molecule has 162 valence electrons. The fourth-order valence-corrected chi connectivity index (χ4v) is 5.74. The number of fused-ring (bicyclic) bond motifs is 6. The molecule has 8 rings (SSSR count). The van der Waals surface area contributed by atoms with Gasteiger partial charge < -0.3 is 4.74 Å². The molecule has 1 heteroatoms. The van der Waals surface area contributed by atoms with Crippen molar-refractivity contribution in [2.45, 2.75) is 0 Å². The largest absolute Gasteiger partial charge is 0.456 e. The summed E-state index contributed by atoms with van der Waals surface area (Å²) < 4.78 is 6.31. The van der Waals surface area contributed by atoms with E-state index in [2.05, 4.69) is 109 Å². The predicted octanol–water partition coefficient (Wildman–Crippen LogP) is 9.74. The van der Waals surface area contributed by atoms with E-state index in [0.29, 0.717) is 0 Å². The molecule has 0 saturated carbocycles. The van der Waals surface area contributed by atoms with Gasteiger partial charge in [0.25, 0.3) is 0 Å². The smallest absolute Gasteiger partial charge is 0.135 e. The van der Waals surface area contributed by atoms with Crippen LogP contribution in [0.3, 0.4) is 0 Å². The normalized spacial score (nSPS) is 12.2. The minimum atomic E-state index is 0.921. The van der Waals surface area contributed by atoms with E-state index in [1.54, 1.807) is 0 Å². The summed E-state index contributed by atoms with van der Waals surface area (Å²) in [5, 5.41) is 10.1. The van der Waals surface area contributed by atoms with Crippen molar-refractivity contribution < 1.29 is 4.74 Å². The van der Waals surface area contributed by atoms with E-state index in [-0.39, 0.29) is 0 Å². The van der Waals surface area contributed by atoms with Crippen LogP contribution in [-0.2, 0) is 0 Å². The second-order valence-corrected chi connectivity index (χ2v) is 9.36. The molecule has 1 nitrogen and oxygen atoms in total. The Morgan fingerprint density at radius 2 is 1.09 bits per heavy atom. The first kappa shape index (κ1) is 18.8. The van der Waals surface area contributed by atoms with Crippen molar-refractivity contribution in [3.8, 4) is 33.8 Å². The number of benzene rings is 7. The fraction of sp³-hybridized carbons (Fsp3) is 0. The van der Waals surface area contributed by atoms with Gasteiger partial charge in [-0.2, -0.15) is 0 Å². The van der Waals surface area contributed by atoms with Crippen molar-refractivity contribution in [3.63, 3.8) is 0 Å². The molecular weight excluding hydrogens is 424 g/mol. The average Bonchev–Trinajstić information content (AvgIpc) is 2.92. The highest BCUT2D eigenvalue weighted by Gasteiger charge is 2.21. The molecule has 0 atom stereocenters. The summed E-state index contributed by atoms with van der Waals surface area (Å²) in [5.41, 5.74) is 4.84. The van der Waals surface area contributed by atoms with Crippen LogP contribution in [0.4, 0.5) is 0 Å². The maximum Gasteiger partial charge on any atom is 0.135 e. The lowest BCUT2D eigenvalue weighted by Crippen LogP contribution is -1.97. The van der Waals surface area contributed by atoms with Gasteiger partial charge in [0.1, 0.15) is 11.5 Å². The van der Waals surface area contributed by atoms with Gasteiger partial charge in [-0.25, -0.2) is 0 Å². The maximum atomic E-state index is 6.31. The minimum Gasteiger partial charge on any atom is -0.456 e. The first-order valence-electron chi connectivity index (χ1n) is 12.0. The van der Waals surface area contributed by atoms with E-state index < -0.39 is 0 Å². The Balaban J connectivity index is 1.41. The SMILES string of the molecule is c1ccc2c(c1)Oc1cccc3c(-c4ccc5ccc6cc7ccccc7cc6c5c4)ccc-2c13. The molecule has 1 aliphatic heterocycles. The fourth-order valence-electron chi connectivity index (χ4n) is 5.74. The van der Waals surface area contributed by atoms with Crippen LogP contribution in [0.2, 0.25) is 0 Å². The molecule has 0 saturated heterocycles. The molecular formula is C34H20O. The number of ether oxygens (including phenoxy) is 1. The first-order valence-corrected chi connectivity index (χ1v) is 12.0. The zero-order valence-electron chi connectivity index (χ0n) is 19.0. The molecule has 0 amide bonds. The Labute approximate surface area is 202 Å². The molecule has 0 spiro atoms. The van der Waals surface area contributed by atoms with Crippen LogP contribution in [0.25, 0.3) is 65.3 Å². The highest BCUT2D eigenvalue weighted by molar-refractivity contribution is 6.15. The average molecular weight is 445 g/mol. The van der Waals surface area contributed by atoms with E-state index in [1.807, 2.05) is 12.1 Å². The van der Waals surface area contributed by atoms with Crippen molar-refractivity contribution >= 4 is 43.1 Å². The molecule has 7 aromatic carbocycles. The van der Waals surface area contributed by atoms with Crippen LogP contribution in [-0.4, -0.2) is 0 Å². The van der Waals surface area contributed by atoms with Crippen LogP contribution < -0.4 is 4.74 Å². The summed E-state index contributed by atoms with van der Waals surface area (Å²) in [4.78, 5) is 0. The topological polar surface area (TPSA) is 9.23 Å². The summed E-state index contributed by atoms with van der Waals surface area (Å²) in [7, 11) is 0. The first-order chi connectivity index (χ1) is 17.3. The summed E-state index contributed by atoms with van der Waals surface area (Å²) >= 11 is 0. The summed E-state index contributed by atoms with van der Waals surface area (Å²) in [6.45, 7) is 0. The third kappa shape index (κ3) is 2.70. The van der Waals surface area contributed by atoms with Crippen LogP contribution in [0.5, 0.6) is 11.5 Å². The van der Waals surface area contributed by atoms with Gasteiger partial charge in [0.2, 0.25) is 0 Å². The van der Waals surface area contributed by atoms with Crippen molar-refractivity contribution in [2.24, 2.45) is 0 Å². The number of hydrogen-bond acceptors (Lipinski definition) is 1. The zero-order valence-corrected chi connectivity index (χ0v) is 19.0. The van der Waals surface area contributed by atoms with Gasteiger partial charge in [0.15, 0.2) is 0 Å². The molecule has 1 aliphatic rings. The van der Waals surface area contributed by atoms with Crippen LogP contribution in [0.15, 0.2) is 121 Å². The van der Waals surface area contributed by atoms with Crippen molar-refractivity contribution in [2.75, 3.05) is 0 Å². The Kier molecular flexibility index (Phi) is 3.72. The van der Waals surface area contributed by atoms with Gasteiger partial charge in [0, 0.05) is 10.9 Å². The van der Waals surface area contributed by atoms with E-state index in [9.17, 15) is 0 Å². The lowest BCUT2D eigenvalue weighted by molar-refractivity contribution is 0.487. The lowest BCUT2D eigenvalue weighted by Gasteiger charge is -2.22.